The highest BCUT2D eigenvalue weighted by molar-refractivity contribution is 7.43. The van der Waals surface area contributed by atoms with E-state index in [0.29, 0.717) is 18.4 Å². The van der Waals surface area contributed by atoms with Crippen LogP contribution in [0.2, 0.25) is 0 Å². The maximum Gasteiger partial charge on any atom is 0.330 e. The first-order chi connectivity index (χ1) is 9.26. The third kappa shape index (κ3) is 3.65. The van der Waals surface area contributed by atoms with Crippen LogP contribution in [0.4, 0.5) is 0 Å². The van der Waals surface area contributed by atoms with Gasteiger partial charge in [-0.25, -0.2) is 4.79 Å². The van der Waals surface area contributed by atoms with E-state index in [1.807, 2.05) is 0 Å². The topological polar surface area (TPSA) is 137 Å². The Labute approximate surface area is 113 Å². The second-order valence-corrected chi connectivity index (χ2v) is 5.66. The SMILES string of the molecule is Cc1cn(C2CCC(COP(=O)([O-])[O-])O2)c(=O)[nH]c1=O. The van der Waals surface area contributed by atoms with Crippen molar-refractivity contribution in [2.75, 3.05) is 6.61 Å². The van der Waals surface area contributed by atoms with Crippen molar-refractivity contribution in [3.63, 3.8) is 0 Å². The summed E-state index contributed by atoms with van der Waals surface area (Å²) in [6.07, 6.45) is 1.05. The molecule has 112 valence electrons. The van der Waals surface area contributed by atoms with Gasteiger partial charge in [-0.1, -0.05) is 0 Å². The molecule has 1 aliphatic rings. The minimum Gasteiger partial charge on any atom is -0.790 e. The number of aromatic nitrogens is 2. The van der Waals surface area contributed by atoms with Crippen molar-refractivity contribution >= 4 is 7.82 Å². The van der Waals surface area contributed by atoms with Crippen LogP contribution in [-0.2, 0) is 13.8 Å². The molecule has 0 amide bonds. The second kappa shape index (κ2) is 5.63. The zero-order valence-corrected chi connectivity index (χ0v) is 11.5. The molecule has 1 aliphatic heterocycles. The number of hydrogen-bond donors (Lipinski definition) is 1. The number of phosphoric acid groups is 1. The Hall–Kier alpha value is -1.25. The lowest BCUT2D eigenvalue weighted by molar-refractivity contribution is -0.342. The number of ether oxygens (including phenoxy) is 1. The third-order valence-corrected chi connectivity index (χ3v) is 3.43. The minimum atomic E-state index is -5.03. The molecule has 2 unspecified atom stereocenters. The Morgan fingerprint density at radius 2 is 2.20 bits per heavy atom. The number of rotatable bonds is 4. The van der Waals surface area contributed by atoms with E-state index in [1.54, 1.807) is 6.92 Å². The number of hydrogen-bond acceptors (Lipinski definition) is 7. The quantitative estimate of drug-likeness (QED) is 0.659. The molecular weight excluding hydrogens is 291 g/mol. The maximum absolute atomic E-state index is 11.7. The smallest absolute Gasteiger partial charge is 0.330 e. The molecule has 10 heteroatoms. The Kier molecular flexibility index (Phi) is 4.26. The van der Waals surface area contributed by atoms with Crippen molar-refractivity contribution in [1.29, 1.82) is 0 Å². The molecule has 0 spiro atoms. The van der Waals surface area contributed by atoms with E-state index in [2.05, 4.69) is 9.51 Å². The van der Waals surface area contributed by atoms with Gasteiger partial charge in [0.15, 0.2) is 0 Å². The van der Waals surface area contributed by atoms with Gasteiger partial charge in [0.2, 0.25) is 0 Å². The van der Waals surface area contributed by atoms with E-state index in [1.165, 1.54) is 10.8 Å². The molecule has 2 atom stereocenters. The predicted molar refractivity (Wildman–Crippen MR) is 62.8 cm³/mol. The molecule has 0 aliphatic carbocycles. The third-order valence-electron chi connectivity index (χ3n) is 2.96. The average molecular weight is 304 g/mol. The summed E-state index contributed by atoms with van der Waals surface area (Å²) in [5, 5.41) is 0. The van der Waals surface area contributed by atoms with E-state index in [4.69, 9.17) is 4.74 Å². The van der Waals surface area contributed by atoms with Gasteiger partial charge in [-0.2, -0.15) is 0 Å². The molecule has 0 aromatic carbocycles. The Morgan fingerprint density at radius 1 is 1.50 bits per heavy atom. The molecular formula is C10H13N2O7P-2. The summed E-state index contributed by atoms with van der Waals surface area (Å²) < 4.78 is 21.2. The monoisotopic (exact) mass is 304 g/mol. The van der Waals surface area contributed by atoms with Gasteiger partial charge in [0.1, 0.15) is 6.23 Å². The van der Waals surface area contributed by atoms with Crippen LogP contribution in [0.5, 0.6) is 0 Å². The summed E-state index contributed by atoms with van der Waals surface area (Å²) in [5.74, 6) is 0. The van der Waals surface area contributed by atoms with Gasteiger partial charge in [0.05, 0.1) is 20.5 Å². The van der Waals surface area contributed by atoms with E-state index in [9.17, 15) is 23.9 Å². The highest BCUT2D eigenvalue weighted by Crippen LogP contribution is 2.31. The molecule has 1 aromatic heterocycles. The second-order valence-electron chi connectivity index (χ2n) is 4.51. The van der Waals surface area contributed by atoms with Crippen LogP contribution in [0.1, 0.15) is 24.6 Å². The summed E-state index contributed by atoms with van der Waals surface area (Å²) in [5.41, 5.74) is -0.718. The molecule has 0 bridgehead atoms. The highest BCUT2D eigenvalue weighted by atomic mass is 31.2. The van der Waals surface area contributed by atoms with Crippen LogP contribution in [-0.4, -0.2) is 22.3 Å². The molecule has 1 saturated heterocycles. The van der Waals surface area contributed by atoms with Crippen LogP contribution < -0.4 is 21.0 Å². The van der Waals surface area contributed by atoms with E-state index < -0.39 is 31.4 Å². The highest BCUT2D eigenvalue weighted by Gasteiger charge is 2.27. The summed E-state index contributed by atoms with van der Waals surface area (Å²) in [6.45, 7) is 1.17. The van der Waals surface area contributed by atoms with E-state index in [-0.39, 0.29) is 6.61 Å². The lowest BCUT2D eigenvalue weighted by atomic mass is 10.2. The Balaban J connectivity index is 2.06. The molecule has 1 aromatic rings. The van der Waals surface area contributed by atoms with Gasteiger partial charge in [-0.3, -0.25) is 14.3 Å². The molecule has 2 heterocycles. The van der Waals surface area contributed by atoms with Gasteiger partial charge in [-0.15, -0.1) is 0 Å². The average Bonchev–Trinajstić information content (AvgIpc) is 2.79. The van der Waals surface area contributed by atoms with Crippen molar-refractivity contribution in [2.45, 2.75) is 32.1 Å². The fourth-order valence-electron chi connectivity index (χ4n) is 1.99. The molecule has 0 saturated carbocycles. The van der Waals surface area contributed by atoms with Crippen molar-refractivity contribution in [1.82, 2.24) is 9.55 Å². The first kappa shape index (κ1) is 15.1. The molecule has 0 radical (unpaired) electrons. The van der Waals surface area contributed by atoms with Crippen LogP contribution >= 0.6 is 7.82 Å². The Bertz CT molecular complexity index is 646. The summed E-state index contributed by atoms with van der Waals surface area (Å²) in [7, 11) is -5.03. The normalized spacial score (nSPS) is 23.1. The number of aromatic amines is 1. The molecule has 2 rings (SSSR count). The van der Waals surface area contributed by atoms with Crippen LogP contribution in [0.15, 0.2) is 15.8 Å². The largest absolute Gasteiger partial charge is 0.790 e. The first-order valence-corrected chi connectivity index (χ1v) is 7.36. The lowest BCUT2D eigenvalue weighted by Gasteiger charge is -2.29. The summed E-state index contributed by atoms with van der Waals surface area (Å²) >= 11 is 0. The van der Waals surface area contributed by atoms with E-state index >= 15 is 0 Å². The first-order valence-electron chi connectivity index (χ1n) is 5.90. The molecule has 1 N–H and O–H groups in total. The zero-order valence-electron chi connectivity index (χ0n) is 10.6. The number of H-pyrrole nitrogens is 1. The van der Waals surface area contributed by atoms with Gasteiger partial charge < -0.3 is 23.6 Å². The van der Waals surface area contributed by atoms with Crippen molar-refractivity contribution in [3.05, 3.63) is 32.6 Å². The molecule has 9 nitrogen and oxygen atoms in total. The van der Waals surface area contributed by atoms with Crippen molar-refractivity contribution in [3.8, 4) is 0 Å². The summed E-state index contributed by atoms with van der Waals surface area (Å²) in [6, 6.07) is 0. The van der Waals surface area contributed by atoms with Crippen LogP contribution in [0.25, 0.3) is 0 Å². The predicted octanol–water partition coefficient (Wildman–Crippen LogP) is -1.63. The standard InChI is InChI=1S/C10H15N2O7P/c1-6-4-12(10(14)11-9(6)13)8-3-2-7(19-8)5-18-20(15,16)17/h4,7-8H,2-3,5H2,1H3,(H,11,13,14)(H2,15,16,17)/p-2. The van der Waals surface area contributed by atoms with Gasteiger partial charge in [-0.05, 0) is 19.8 Å². The number of phosphoric ester groups is 1. The van der Waals surface area contributed by atoms with Crippen LogP contribution in [0.3, 0.4) is 0 Å². The Morgan fingerprint density at radius 3 is 2.85 bits per heavy atom. The fraction of sp³-hybridized carbons (Fsp3) is 0.600. The molecule has 20 heavy (non-hydrogen) atoms. The van der Waals surface area contributed by atoms with Gasteiger partial charge in [0, 0.05) is 11.8 Å². The minimum absolute atomic E-state index is 0.358. The maximum atomic E-state index is 11.7. The molecule has 1 fully saturated rings. The van der Waals surface area contributed by atoms with Gasteiger partial charge in [0.25, 0.3) is 5.56 Å². The lowest BCUT2D eigenvalue weighted by Crippen LogP contribution is -2.33. The van der Waals surface area contributed by atoms with Crippen LogP contribution in [0, 0.1) is 6.92 Å². The van der Waals surface area contributed by atoms with Crippen molar-refractivity contribution < 1.29 is 23.6 Å². The number of nitrogens with one attached hydrogen (secondary N) is 1. The number of nitrogens with zero attached hydrogens (tertiary/aromatic N) is 1. The summed E-state index contributed by atoms with van der Waals surface area (Å²) in [4.78, 5) is 45.8. The number of aryl methyl sites for hydroxylation is 1. The van der Waals surface area contributed by atoms with Crippen molar-refractivity contribution in [2.24, 2.45) is 0 Å². The zero-order chi connectivity index (χ0) is 14.9. The fourth-order valence-corrected chi connectivity index (χ4v) is 2.34. The van der Waals surface area contributed by atoms with E-state index in [0.717, 1.165) is 0 Å². The van der Waals surface area contributed by atoms with Gasteiger partial charge >= 0.3 is 5.69 Å².